The van der Waals surface area contributed by atoms with Crippen LogP contribution in [0.2, 0.25) is 0 Å². The standard InChI is InChI=1S/C15H22N2S/c1-11-10-12(16)6-8-17(11)14-7-9-18-15-5-3-2-4-13(14)15/h2-5,11-12,14H,6-10,16H2,1H3. The normalized spacial score (nSPS) is 33.1. The van der Waals surface area contributed by atoms with Crippen molar-refractivity contribution in [1.82, 2.24) is 4.90 Å². The van der Waals surface area contributed by atoms with E-state index in [2.05, 4.69) is 36.1 Å². The second-order valence-corrected chi connectivity index (χ2v) is 6.70. The molecule has 1 fully saturated rings. The third kappa shape index (κ3) is 2.31. The second-order valence-electron chi connectivity index (χ2n) is 5.56. The first-order valence-corrected chi connectivity index (χ1v) is 7.97. The van der Waals surface area contributed by atoms with Gasteiger partial charge in [-0.3, -0.25) is 4.90 Å². The molecule has 2 nitrogen and oxygen atoms in total. The Kier molecular flexibility index (Phi) is 3.64. The summed E-state index contributed by atoms with van der Waals surface area (Å²) in [7, 11) is 0. The van der Waals surface area contributed by atoms with Crippen molar-refractivity contribution in [3.63, 3.8) is 0 Å². The molecule has 0 saturated carbocycles. The number of benzene rings is 1. The van der Waals surface area contributed by atoms with Crippen LogP contribution in [0.1, 0.15) is 37.8 Å². The van der Waals surface area contributed by atoms with Crippen LogP contribution in [0.3, 0.4) is 0 Å². The molecule has 0 spiro atoms. The second kappa shape index (κ2) is 5.24. The molecule has 2 heterocycles. The molecular weight excluding hydrogens is 240 g/mol. The Bertz CT molecular complexity index is 421. The molecule has 1 aromatic carbocycles. The Morgan fingerprint density at radius 2 is 2.11 bits per heavy atom. The third-order valence-electron chi connectivity index (χ3n) is 4.30. The SMILES string of the molecule is CC1CC(N)CCN1C1CCSc2ccccc21. The number of thioether (sulfide) groups is 1. The van der Waals surface area contributed by atoms with Gasteiger partial charge in [0.05, 0.1) is 0 Å². The molecule has 3 rings (SSSR count). The van der Waals surface area contributed by atoms with Gasteiger partial charge in [-0.1, -0.05) is 18.2 Å². The summed E-state index contributed by atoms with van der Waals surface area (Å²) in [6.07, 6.45) is 3.57. The van der Waals surface area contributed by atoms with Gasteiger partial charge in [0.15, 0.2) is 0 Å². The predicted molar refractivity (Wildman–Crippen MR) is 77.9 cm³/mol. The summed E-state index contributed by atoms with van der Waals surface area (Å²) >= 11 is 2.01. The molecule has 18 heavy (non-hydrogen) atoms. The highest BCUT2D eigenvalue weighted by atomic mass is 32.2. The molecule has 3 atom stereocenters. The maximum absolute atomic E-state index is 6.08. The van der Waals surface area contributed by atoms with Gasteiger partial charge in [0.1, 0.15) is 0 Å². The van der Waals surface area contributed by atoms with Crippen molar-refractivity contribution in [3.05, 3.63) is 29.8 Å². The first-order chi connectivity index (χ1) is 8.75. The van der Waals surface area contributed by atoms with Crippen LogP contribution in [0, 0.1) is 0 Å². The maximum atomic E-state index is 6.08. The summed E-state index contributed by atoms with van der Waals surface area (Å²) in [4.78, 5) is 4.16. The van der Waals surface area contributed by atoms with E-state index in [1.165, 1.54) is 22.6 Å². The van der Waals surface area contributed by atoms with Crippen molar-refractivity contribution in [1.29, 1.82) is 0 Å². The number of hydrogen-bond acceptors (Lipinski definition) is 3. The van der Waals surface area contributed by atoms with Gasteiger partial charge >= 0.3 is 0 Å². The topological polar surface area (TPSA) is 29.3 Å². The Balaban J connectivity index is 1.85. The zero-order valence-electron chi connectivity index (χ0n) is 11.0. The number of nitrogens with two attached hydrogens (primary N) is 1. The largest absolute Gasteiger partial charge is 0.328 e. The Morgan fingerprint density at radius 3 is 2.94 bits per heavy atom. The lowest BCUT2D eigenvalue weighted by molar-refractivity contribution is 0.0912. The van der Waals surface area contributed by atoms with Gasteiger partial charge in [0.25, 0.3) is 0 Å². The minimum absolute atomic E-state index is 0.407. The molecule has 3 unspecified atom stereocenters. The number of fused-ring (bicyclic) bond motifs is 1. The molecule has 0 radical (unpaired) electrons. The van der Waals surface area contributed by atoms with Crippen molar-refractivity contribution in [3.8, 4) is 0 Å². The van der Waals surface area contributed by atoms with Crippen LogP contribution in [0.15, 0.2) is 29.2 Å². The first kappa shape index (κ1) is 12.5. The molecule has 1 saturated heterocycles. The average molecular weight is 262 g/mol. The Hall–Kier alpha value is -0.510. The number of hydrogen-bond donors (Lipinski definition) is 1. The summed E-state index contributed by atoms with van der Waals surface area (Å²) < 4.78 is 0. The maximum Gasteiger partial charge on any atom is 0.0370 e. The highest BCUT2D eigenvalue weighted by Gasteiger charge is 2.32. The molecule has 0 aromatic heterocycles. The summed E-state index contributed by atoms with van der Waals surface area (Å²) in [6.45, 7) is 3.50. The van der Waals surface area contributed by atoms with Gasteiger partial charge in [-0.05, 0) is 43.6 Å². The van der Waals surface area contributed by atoms with Crippen molar-refractivity contribution < 1.29 is 0 Å². The molecule has 1 aromatic rings. The van der Waals surface area contributed by atoms with Gasteiger partial charge in [-0.15, -0.1) is 11.8 Å². The van der Waals surface area contributed by atoms with E-state index in [-0.39, 0.29) is 0 Å². The lowest BCUT2D eigenvalue weighted by Gasteiger charge is -2.43. The minimum Gasteiger partial charge on any atom is -0.328 e. The van der Waals surface area contributed by atoms with E-state index in [1.807, 2.05) is 11.8 Å². The van der Waals surface area contributed by atoms with Crippen LogP contribution in [-0.4, -0.2) is 29.3 Å². The van der Waals surface area contributed by atoms with Gasteiger partial charge in [0.2, 0.25) is 0 Å². The van der Waals surface area contributed by atoms with Crippen molar-refractivity contribution in [2.24, 2.45) is 5.73 Å². The van der Waals surface area contributed by atoms with E-state index < -0.39 is 0 Å². The van der Waals surface area contributed by atoms with Crippen LogP contribution < -0.4 is 5.73 Å². The first-order valence-electron chi connectivity index (χ1n) is 6.99. The molecule has 0 bridgehead atoms. The molecule has 2 aliphatic heterocycles. The average Bonchev–Trinajstić information content (AvgIpc) is 2.38. The van der Waals surface area contributed by atoms with Crippen molar-refractivity contribution >= 4 is 11.8 Å². The number of rotatable bonds is 1. The van der Waals surface area contributed by atoms with Gasteiger partial charge < -0.3 is 5.73 Å². The van der Waals surface area contributed by atoms with Crippen molar-refractivity contribution in [2.75, 3.05) is 12.3 Å². The number of likely N-dealkylation sites (tertiary alicyclic amines) is 1. The highest BCUT2D eigenvalue weighted by molar-refractivity contribution is 7.99. The molecule has 0 aliphatic carbocycles. The summed E-state index contributed by atoms with van der Waals surface area (Å²) in [5.41, 5.74) is 7.62. The van der Waals surface area contributed by atoms with Crippen LogP contribution >= 0.6 is 11.8 Å². The number of piperidine rings is 1. The van der Waals surface area contributed by atoms with E-state index >= 15 is 0 Å². The van der Waals surface area contributed by atoms with E-state index in [1.54, 1.807) is 0 Å². The summed E-state index contributed by atoms with van der Waals surface area (Å²) in [6, 6.07) is 10.6. The minimum atomic E-state index is 0.407. The molecule has 0 amide bonds. The van der Waals surface area contributed by atoms with E-state index in [9.17, 15) is 0 Å². The summed E-state index contributed by atoms with van der Waals surface area (Å²) in [5.74, 6) is 1.25. The zero-order valence-corrected chi connectivity index (χ0v) is 11.8. The van der Waals surface area contributed by atoms with Gasteiger partial charge in [-0.2, -0.15) is 0 Å². The fourth-order valence-corrected chi connectivity index (χ4v) is 4.46. The quantitative estimate of drug-likeness (QED) is 0.843. The van der Waals surface area contributed by atoms with E-state index in [0.717, 1.165) is 19.4 Å². The fraction of sp³-hybridized carbons (Fsp3) is 0.600. The van der Waals surface area contributed by atoms with E-state index in [0.29, 0.717) is 18.1 Å². The van der Waals surface area contributed by atoms with Gasteiger partial charge in [-0.25, -0.2) is 0 Å². The predicted octanol–water partition coefficient (Wildman–Crippen LogP) is 3.04. The van der Waals surface area contributed by atoms with Crippen LogP contribution in [0.4, 0.5) is 0 Å². The summed E-state index contributed by atoms with van der Waals surface area (Å²) in [5, 5.41) is 0. The molecule has 98 valence electrons. The molecule has 2 aliphatic rings. The smallest absolute Gasteiger partial charge is 0.0370 e. The zero-order chi connectivity index (χ0) is 12.5. The Labute approximate surface area is 114 Å². The van der Waals surface area contributed by atoms with Crippen LogP contribution in [-0.2, 0) is 0 Å². The molecule has 2 N–H and O–H groups in total. The van der Waals surface area contributed by atoms with Crippen LogP contribution in [0.5, 0.6) is 0 Å². The fourth-order valence-electron chi connectivity index (χ4n) is 3.36. The van der Waals surface area contributed by atoms with E-state index in [4.69, 9.17) is 5.73 Å². The highest BCUT2D eigenvalue weighted by Crippen LogP contribution is 2.41. The van der Waals surface area contributed by atoms with Gasteiger partial charge in [0, 0.05) is 29.6 Å². The molecular formula is C15H22N2S. The lowest BCUT2D eigenvalue weighted by Crippen LogP contribution is -2.47. The Morgan fingerprint density at radius 1 is 1.28 bits per heavy atom. The third-order valence-corrected chi connectivity index (χ3v) is 5.42. The van der Waals surface area contributed by atoms with Crippen molar-refractivity contribution in [2.45, 2.75) is 49.2 Å². The molecule has 3 heteroatoms. The number of nitrogens with zero attached hydrogens (tertiary/aromatic N) is 1. The lowest BCUT2D eigenvalue weighted by atomic mass is 9.93. The monoisotopic (exact) mass is 262 g/mol. The van der Waals surface area contributed by atoms with Crippen LogP contribution in [0.25, 0.3) is 0 Å².